The molecule has 4 rings (SSSR count). The smallest absolute Gasteiger partial charge is 0.330 e. The van der Waals surface area contributed by atoms with Crippen LogP contribution in [0, 0.1) is 6.92 Å². The van der Waals surface area contributed by atoms with Gasteiger partial charge >= 0.3 is 5.69 Å². The summed E-state index contributed by atoms with van der Waals surface area (Å²) in [6.07, 6.45) is 2.39. The molecule has 8 nitrogen and oxygen atoms in total. The van der Waals surface area contributed by atoms with Crippen LogP contribution in [0.5, 0.6) is 5.75 Å². The second-order valence-electron chi connectivity index (χ2n) is 7.53. The van der Waals surface area contributed by atoms with Crippen molar-refractivity contribution in [3.63, 3.8) is 0 Å². The number of pyridine rings is 1. The van der Waals surface area contributed by atoms with Crippen molar-refractivity contribution in [3.8, 4) is 5.75 Å². The molecule has 2 aromatic heterocycles. The van der Waals surface area contributed by atoms with Crippen LogP contribution in [0.15, 0.2) is 47.4 Å². The Hall–Kier alpha value is -3.13. The Morgan fingerprint density at radius 2 is 2.13 bits per heavy atom. The molecule has 1 saturated heterocycles. The van der Waals surface area contributed by atoms with Crippen LogP contribution >= 0.6 is 0 Å². The molecule has 0 bridgehead atoms. The summed E-state index contributed by atoms with van der Waals surface area (Å²) in [5, 5.41) is 0. The fourth-order valence-corrected chi connectivity index (χ4v) is 3.96. The minimum absolute atomic E-state index is 0.0150. The summed E-state index contributed by atoms with van der Waals surface area (Å²) in [7, 11) is 1.61. The van der Waals surface area contributed by atoms with Gasteiger partial charge in [0.2, 0.25) is 0 Å². The third-order valence-electron chi connectivity index (χ3n) is 5.47. The van der Waals surface area contributed by atoms with Gasteiger partial charge in [-0.3, -0.25) is 13.9 Å². The summed E-state index contributed by atoms with van der Waals surface area (Å²) < 4.78 is 14.2. The van der Waals surface area contributed by atoms with Crippen molar-refractivity contribution >= 4 is 17.1 Å². The number of nitrogens with zero attached hydrogens (tertiary/aromatic N) is 4. The summed E-state index contributed by atoms with van der Waals surface area (Å²) in [6, 6.07) is 11.2. The van der Waals surface area contributed by atoms with Crippen LogP contribution in [0.2, 0.25) is 0 Å². The molecule has 1 aromatic carbocycles. The van der Waals surface area contributed by atoms with E-state index in [1.54, 1.807) is 27.3 Å². The molecule has 0 unspecified atom stereocenters. The van der Waals surface area contributed by atoms with Gasteiger partial charge in [0.1, 0.15) is 5.75 Å². The Balaban J connectivity index is 1.49. The Labute approximate surface area is 174 Å². The SMILES string of the molecule is COCCn1c(=O)n([C@@H]2CCN(C(=O)COc3cccc(C)c3)C2)c2ncccc21. The Bertz CT molecular complexity index is 1100. The van der Waals surface area contributed by atoms with Crippen LogP contribution in [0.25, 0.3) is 11.2 Å². The molecule has 3 aromatic rings. The van der Waals surface area contributed by atoms with Crippen LogP contribution in [0.1, 0.15) is 18.0 Å². The van der Waals surface area contributed by atoms with Gasteiger partial charge in [-0.05, 0) is 43.2 Å². The van der Waals surface area contributed by atoms with Crippen LogP contribution in [0.4, 0.5) is 0 Å². The van der Waals surface area contributed by atoms with E-state index in [0.29, 0.717) is 44.1 Å². The lowest BCUT2D eigenvalue weighted by atomic mass is 10.2. The molecule has 1 atom stereocenters. The zero-order chi connectivity index (χ0) is 21.1. The zero-order valence-electron chi connectivity index (χ0n) is 17.3. The van der Waals surface area contributed by atoms with Gasteiger partial charge in [0.15, 0.2) is 12.3 Å². The van der Waals surface area contributed by atoms with E-state index < -0.39 is 0 Å². The number of carbonyl (C=O) groups excluding carboxylic acids is 1. The van der Waals surface area contributed by atoms with E-state index in [1.807, 2.05) is 43.3 Å². The van der Waals surface area contributed by atoms with Crippen LogP contribution < -0.4 is 10.4 Å². The maximum atomic E-state index is 13.1. The molecule has 1 fully saturated rings. The molecule has 0 radical (unpaired) electrons. The van der Waals surface area contributed by atoms with Crippen molar-refractivity contribution in [1.82, 2.24) is 19.0 Å². The number of amides is 1. The molecule has 0 saturated carbocycles. The lowest BCUT2D eigenvalue weighted by Crippen LogP contribution is -2.35. The van der Waals surface area contributed by atoms with Gasteiger partial charge in [-0.2, -0.15) is 0 Å². The molecular weight excluding hydrogens is 384 g/mol. The summed E-state index contributed by atoms with van der Waals surface area (Å²) in [6.45, 7) is 3.93. The Morgan fingerprint density at radius 1 is 1.27 bits per heavy atom. The number of hydrogen-bond donors (Lipinski definition) is 0. The summed E-state index contributed by atoms with van der Waals surface area (Å²) in [5.41, 5.74) is 2.40. The van der Waals surface area contributed by atoms with Crippen molar-refractivity contribution < 1.29 is 14.3 Å². The van der Waals surface area contributed by atoms with E-state index >= 15 is 0 Å². The van der Waals surface area contributed by atoms with E-state index in [2.05, 4.69) is 4.98 Å². The molecular formula is C22H26N4O4. The number of fused-ring (bicyclic) bond motifs is 1. The molecule has 0 N–H and O–H groups in total. The third kappa shape index (κ3) is 3.95. The average Bonchev–Trinajstić information content (AvgIpc) is 3.33. The number of ether oxygens (including phenoxy) is 2. The molecule has 158 valence electrons. The average molecular weight is 410 g/mol. The molecule has 1 amide bonds. The number of carbonyl (C=O) groups is 1. The summed E-state index contributed by atoms with van der Waals surface area (Å²) in [4.78, 5) is 32.0. The number of rotatable bonds is 7. The highest BCUT2D eigenvalue weighted by atomic mass is 16.5. The van der Waals surface area contributed by atoms with E-state index in [0.717, 1.165) is 11.1 Å². The van der Waals surface area contributed by atoms with E-state index in [4.69, 9.17) is 9.47 Å². The third-order valence-corrected chi connectivity index (χ3v) is 5.47. The Kier molecular flexibility index (Phi) is 5.85. The molecule has 30 heavy (non-hydrogen) atoms. The monoisotopic (exact) mass is 410 g/mol. The fourth-order valence-electron chi connectivity index (χ4n) is 3.96. The number of aryl methyl sites for hydroxylation is 1. The van der Waals surface area contributed by atoms with E-state index in [1.165, 1.54) is 0 Å². The topological polar surface area (TPSA) is 78.6 Å². The molecule has 8 heteroatoms. The van der Waals surface area contributed by atoms with Gasteiger partial charge in [0.25, 0.3) is 5.91 Å². The van der Waals surface area contributed by atoms with E-state index in [-0.39, 0.29) is 24.2 Å². The second kappa shape index (κ2) is 8.71. The lowest BCUT2D eigenvalue weighted by Gasteiger charge is -2.17. The van der Waals surface area contributed by atoms with Crippen molar-refractivity contribution in [1.29, 1.82) is 0 Å². The summed E-state index contributed by atoms with van der Waals surface area (Å²) in [5.74, 6) is 0.601. The first-order chi connectivity index (χ1) is 14.6. The highest BCUT2D eigenvalue weighted by molar-refractivity contribution is 5.78. The molecule has 1 aliphatic rings. The predicted molar refractivity (Wildman–Crippen MR) is 113 cm³/mol. The van der Waals surface area contributed by atoms with Crippen molar-refractivity contribution in [2.24, 2.45) is 0 Å². The summed E-state index contributed by atoms with van der Waals surface area (Å²) >= 11 is 0. The van der Waals surface area contributed by atoms with Crippen LogP contribution in [0.3, 0.4) is 0 Å². The largest absolute Gasteiger partial charge is 0.484 e. The van der Waals surface area contributed by atoms with Gasteiger partial charge < -0.3 is 14.4 Å². The maximum Gasteiger partial charge on any atom is 0.330 e. The zero-order valence-corrected chi connectivity index (χ0v) is 17.3. The lowest BCUT2D eigenvalue weighted by molar-refractivity contribution is -0.132. The standard InChI is InChI=1S/C22H26N4O4/c1-16-5-3-6-18(13-16)30-15-20(27)24-10-8-17(14-24)26-21-19(7-4-9-23-21)25(22(26)28)11-12-29-2/h3-7,9,13,17H,8,10-12,14-15H2,1-2H3/t17-/m1/s1. The molecule has 0 spiro atoms. The van der Waals surface area contributed by atoms with Crippen LogP contribution in [-0.2, 0) is 16.1 Å². The number of aromatic nitrogens is 3. The highest BCUT2D eigenvalue weighted by Crippen LogP contribution is 2.24. The first-order valence-corrected chi connectivity index (χ1v) is 10.1. The Morgan fingerprint density at radius 3 is 2.93 bits per heavy atom. The number of methoxy groups -OCH3 is 1. The molecule has 0 aliphatic carbocycles. The minimum Gasteiger partial charge on any atom is -0.484 e. The first-order valence-electron chi connectivity index (χ1n) is 10.1. The first kappa shape index (κ1) is 20.2. The molecule has 3 heterocycles. The number of benzene rings is 1. The number of imidazole rings is 1. The van der Waals surface area contributed by atoms with Crippen molar-refractivity contribution in [2.45, 2.75) is 25.9 Å². The van der Waals surface area contributed by atoms with Gasteiger partial charge in [-0.1, -0.05) is 12.1 Å². The van der Waals surface area contributed by atoms with Gasteiger partial charge in [-0.15, -0.1) is 0 Å². The van der Waals surface area contributed by atoms with E-state index in [9.17, 15) is 9.59 Å². The normalized spacial score (nSPS) is 16.3. The van der Waals surface area contributed by atoms with Crippen molar-refractivity contribution in [2.75, 3.05) is 33.4 Å². The minimum atomic E-state index is -0.115. The number of likely N-dealkylation sites (tertiary alicyclic amines) is 1. The fraction of sp³-hybridized carbons (Fsp3) is 0.409. The van der Waals surface area contributed by atoms with Gasteiger partial charge in [0.05, 0.1) is 24.7 Å². The molecule has 1 aliphatic heterocycles. The van der Waals surface area contributed by atoms with Crippen LogP contribution in [-0.4, -0.2) is 58.3 Å². The van der Waals surface area contributed by atoms with Gasteiger partial charge in [0, 0.05) is 26.4 Å². The quantitative estimate of drug-likeness (QED) is 0.595. The predicted octanol–water partition coefficient (Wildman–Crippen LogP) is 2.01. The highest BCUT2D eigenvalue weighted by Gasteiger charge is 2.31. The maximum absolute atomic E-state index is 13.1. The number of hydrogen-bond acceptors (Lipinski definition) is 5. The van der Waals surface area contributed by atoms with Gasteiger partial charge in [-0.25, -0.2) is 9.78 Å². The van der Waals surface area contributed by atoms with Crippen molar-refractivity contribution in [3.05, 3.63) is 58.6 Å². The second-order valence-corrected chi connectivity index (χ2v) is 7.53.